The van der Waals surface area contributed by atoms with E-state index in [4.69, 9.17) is 0 Å². The number of hydrogen-bond acceptors (Lipinski definition) is 3. The molecule has 0 unspecified atom stereocenters. The molecule has 0 saturated heterocycles. The van der Waals surface area contributed by atoms with Crippen molar-refractivity contribution in [2.24, 2.45) is 4.99 Å². The minimum absolute atomic E-state index is 0.583. The van der Waals surface area contributed by atoms with Crippen molar-refractivity contribution < 1.29 is 0 Å². The first-order valence-corrected chi connectivity index (χ1v) is 4.41. The fraction of sp³-hybridized carbons (Fsp3) is 0.875. The van der Waals surface area contributed by atoms with E-state index in [0.717, 1.165) is 31.9 Å². The molecule has 1 aliphatic rings. The SMILES string of the molecule is CCC(CC)NC1=NCCN1. The van der Waals surface area contributed by atoms with E-state index < -0.39 is 0 Å². The fourth-order valence-electron chi connectivity index (χ4n) is 1.18. The monoisotopic (exact) mass is 155 g/mol. The number of rotatable bonds is 3. The van der Waals surface area contributed by atoms with Crippen molar-refractivity contribution in [2.75, 3.05) is 13.1 Å². The van der Waals surface area contributed by atoms with E-state index in [-0.39, 0.29) is 0 Å². The van der Waals surface area contributed by atoms with Gasteiger partial charge in [0.25, 0.3) is 0 Å². The number of guanidine groups is 1. The summed E-state index contributed by atoms with van der Waals surface area (Å²) in [6.45, 7) is 6.29. The van der Waals surface area contributed by atoms with Gasteiger partial charge in [0.2, 0.25) is 0 Å². The number of aliphatic imine (C=N–C) groups is 1. The minimum Gasteiger partial charge on any atom is -0.355 e. The van der Waals surface area contributed by atoms with Gasteiger partial charge >= 0.3 is 0 Å². The number of nitrogens with one attached hydrogen (secondary N) is 2. The highest BCUT2D eigenvalue weighted by Gasteiger charge is 2.08. The van der Waals surface area contributed by atoms with Gasteiger partial charge in [-0.25, -0.2) is 0 Å². The Bertz CT molecular complexity index is 138. The summed E-state index contributed by atoms with van der Waals surface area (Å²) in [6, 6.07) is 0.583. The van der Waals surface area contributed by atoms with Crippen LogP contribution in [0.4, 0.5) is 0 Å². The summed E-state index contributed by atoms with van der Waals surface area (Å²) < 4.78 is 0. The van der Waals surface area contributed by atoms with E-state index in [1.807, 2.05) is 0 Å². The average molecular weight is 155 g/mol. The number of hydrogen-bond donors (Lipinski definition) is 2. The van der Waals surface area contributed by atoms with Crippen LogP contribution < -0.4 is 10.6 Å². The molecule has 0 aromatic carbocycles. The molecule has 1 heterocycles. The first kappa shape index (κ1) is 8.37. The Morgan fingerprint density at radius 2 is 2.27 bits per heavy atom. The van der Waals surface area contributed by atoms with Gasteiger partial charge in [-0.3, -0.25) is 4.99 Å². The average Bonchev–Trinajstić information content (AvgIpc) is 2.52. The maximum absolute atomic E-state index is 4.27. The zero-order valence-corrected chi connectivity index (χ0v) is 7.35. The van der Waals surface area contributed by atoms with Crippen molar-refractivity contribution in [3.05, 3.63) is 0 Å². The van der Waals surface area contributed by atoms with Crippen LogP contribution in [0.1, 0.15) is 26.7 Å². The molecule has 0 spiro atoms. The van der Waals surface area contributed by atoms with Gasteiger partial charge in [-0.1, -0.05) is 13.8 Å². The third-order valence-electron chi connectivity index (χ3n) is 2.00. The predicted octanol–water partition coefficient (Wildman–Crippen LogP) is 0.724. The molecule has 2 N–H and O–H groups in total. The molecule has 1 aliphatic heterocycles. The summed E-state index contributed by atoms with van der Waals surface area (Å²) >= 11 is 0. The molecule has 3 nitrogen and oxygen atoms in total. The van der Waals surface area contributed by atoms with Crippen LogP contribution in [0.25, 0.3) is 0 Å². The highest BCUT2D eigenvalue weighted by molar-refractivity contribution is 5.81. The zero-order chi connectivity index (χ0) is 8.10. The van der Waals surface area contributed by atoms with Gasteiger partial charge in [-0.2, -0.15) is 0 Å². The normalized spacial score (nSPS) is 16.5. The van der Waals surface area contributed by atoms with Crippen molar-refractivity contribution >= 4 is 5.96 Å². The predicted molar refractivity (Wildman–Crippen MR) is 47.8 cm³/mol. The zero-order valence-electron chi connectivity index (χ0n) is 7.35. The molecule has 64 valence electrons. The minimum atomic E-state index is 0.583. The summed E-state index contributed by atoms with van der Waals surface area (Å²) in [4.78, 5) is 4.27. The quantitative estimate of drug-likeness (QED) is 0.630. The van der Waals surface area contributed by atoms with E-state index in [1.165, 1.54) is 0 Å². The molecular formula is C8H17N3. The first-order chi connectivity index (χ1) is 5.36. The third kappa shape index (κ3) is 2.41. The van der Waals surface area contributed by atoms with Crippen LogP contribution in [0.3, 0.4) is 0 Å². The van der Waals surface area contributed by atoms with Gasteiger partial charge in [0.05, 0.1) is 6.54 Å². The number of nitrogens with zero attached hydrogens (tertiary/aromatic N) is 1. The van der Waals surface area contributed by atoms with Gasteiger partial charge in [0, 0.05) is 12.6 Å². The lowest BCUT2D eigenvalue weighted by Crippen LogP contribution is -2.40. The molecule has 0 bridgehead atoms. The fourth-order valence-corrected chi connectivity index (χ4v) is 1.18. The van der Waals surface area contributed by atoms with Gasteiger partial charge in [-0.15, -0.1) is 0 Å². The molecule has 0 saturated carbocycles. The highest BCUT2D eigenvalue weighted by atomic mass is 15.2. The largest absolute Gasteiger partial charge is 0.355 e. The summed E-state index contributed by atoms with van der Waals surface area (Å²) in [7, 11) is 0. The second-order valence-corrected chi connectivity index (χ2v) is 2.81. The van der Waals surface area contributed by atoms with Crippen LogP contribution in [-0.2, 0) is 0 Å². The lowest BCUT2D eigenvalue weighted by atomic mass is 10.2. The second kappa shape index (κ2) is 4.21. The Hall–Kier alpha value is -0.730. The molecule has 3 heteroatoms. The molecule has 0 atom stereocenters. The standard InChI is InChI=1S/C8H17N3/c1-3-7(4-2)11-8-9-5-6-10-8/h7H,3-6H2,1-2H3,(H2,9,10,11). The molecule has 1 rings (SSSR count). The van der Waals surface area contributed by atoms with Crippen molar-refractivity contribution in [1.29, 1.82) is 0 Å². The first-order valence-electron chi connectivity index (χ1n) is 4.41. The topological polar surface area (TPSA) is 36.4 Å². The van der Waals surface area contributed by atoms with E-state index in [1.54, 1.807) is 0 Å². The van der Waals surface area contributed by atoms with Crippen molar-refractivity contribution in [3.8, 4) is 0 Å². The molecule has 0 aromatic heterocycles. The molecule has 11 heavy (non-hydrogen) atoms. The van der Waals surface area contributed by atoms with Crippen LogP contribution in [0, 0.1) is 0 Å². The Balaban J connectivity index is 2.27. The highest BCUT2D eigenvalue weighted by Crippen LogP contribution is 1.96. The Morgan fingerprint density at radius 1 is 1.55 bits per heavy atom. The molecular weight excluding hydrogens is 138 g/mol. The van der Waals surface area contributed by atoms with Crippen molar-refractivity contribution in [1.82, 2.24) is 10.6 Å². The molecule has 0 radical (unpaired) electrons. The summed E-state index contributed by atoms with van der Waals surface area (Å²) in [5.41, 5.74) is 0. The third-order valence-corrected chi connectivity index (χ3v) is 2.00. The van der Waals surface area contributed by atoms with Crippen molar-refractivity contribution in [2.45, 2.75) is 32.7 Å². The van der Waals surface area contributed by atoms with Crippen LogP contribution in [-0.4, -0.2) is 25.1 Å². The lowest BCUT2D eigenvalue weighted by molar-refractivity contribution is 0.564. The van der Waals surface area contributed by atoms with Crippen LogP contribution in [0.2, 0.25) is 0 Å². The smallest absolute Gasteiger partial charge is 0.191 e. The molecule has 0 fully saturated rings. The summed E-state index contributed by atoms with van der Waals surface area (Å²) in [6.07, 6.45) is 2.33. The van der Waals surface area contributed by atoms with Gasteiger partial charge < -0.3 is 10.6 Å². The van der Waals surface area contributed by atoms with E-state index in [2.05, 4.69) is 29.5 Å². The van der Waals surface area contributed by atoms with Crippen LogP contribution >= 0.6 is 0 Å². The molecule has 0 amide bonds. The Labute approximate surface area is 68.3 Å². The molecule has 0 aliphatic carbocycles. The Morgan fingerprint density at radius 3 is 2.73 bits per heavy atom. The maximum atomic E-state index is 4.27. The maximum Gasteiger partial charge on any atom is 0.191 e. The van der Waals surface area contributed by atoms with E-state index in [0.29, 0.717) is 6.04 Å². The summed E-state index contributed by atoms with van der Waals surface area (Å²) in [5.74, 6) is 0.985. The van der Waals surface area contributed by atoms with Crippen LogP contribution in [0.15, 0.2) is 4.99 Å². The second-order valence-electron chi connectivity index (χ2n) is 2.81. The van der Waals surface area contributed by atoms with Gasteiger partial charge in [0.1, 0.15) is 0 Å². The lowest BCUT2D eigenvalue weighted by Gasteiger charge is -2.15. The summed E-state index contributed by atoms with van der Waals surface area (Å²) in [5, 5.41) is 6.55. The van der Waals surface area contributed by atoms with E-state index in [9.17, 15) is 0 Å². The van der Waals surface area contributed by atoms with Gasteiger partial charge in [-0.05, 0) is 12.8 Å². The Kier molecular flexibility index (Phi) is 3.20. The van der Waals surface area contributed by atoms with Gasteiger partial charge in [0.15, 0.2) is 5.96 Å². The van der Waals surface area contributed by atoms with E-state index >= 15 is 0 Å². The van der Waals surface area contributed by atoms with Crippen LogP contribution in [0.5, 0.6) is 0 Å². The molecule has 0 aromatic rings. The van der Waals surface area contributed by atoms with Crippen molar-refractivity contribution in [3.63, 3.8) is 0 Å².